The van der Waals surface area contributed by atoms with Crippen LogP contribution in [-0.2, 0) is 10.0 Å². The Labute approximate surface area is 155 Å². The number of hydrogen-bond acceptors (Lipinski definition) is 3. The van der Waals surface area contributed by atoms with Gasteiger partial charge in [-0.2, -0.15) is 0 Å². The molecule has 5 nitrogen and oxygen atoms in total. The summed E-state index contributed by atoms with van der Waals surface area (Å²) in [5, 5.41) is 1.39. The summed E-state index contributed by atoms with van der Waals surface area (Å²) >= 11 is 5.88. The number of H-pyrrole nitrogens is 1. The fraction of sp³-hybridized carbons (Fsp3) is 0. The van der Waals surface area contributed by atoms with Crippen molar-refractivity contribution in [1.82, 2.24) is 9.97 Å². The quantitative estimate of drug-likeness (QED) is 0.537. The zero-order valence-electron chi connectivity index (χ0n) is 13.5. The van der Waals surface area contributed by atoms with E-state index >= 15 is 0 Å². The molecule has 4 aromatic rings. The number of hydrogen-bond donors (Lipinski definition) is 2. The number of benzene rings is 2. The van der Waals surface area contributed by atoms with E-state index < -0.39 is 10.0 Å². The summed E-state index contributed by atoms with van der Waals surface area (Å²) in [6, 6.07) is 17.3. The number of rotatable bonds is 4. The van der Waals surface area contributed by atoms with Gasteiger partial charge in [-0.05, 0) is 53.6 Å². The Kier molecular flexibility index (Phi) is 4.14. The van der Waals surface area contributed by atoms with Crippen molar-refractivity contribution in [2.75, 3.05) is 4.72 Å². The van der Waals surface area contributed by atoms with E-state index in [0.29, 0.717) is 10.7 Å². The molecule has 0 aliphatic carbocycles. The third-order valence-corrected chi connectivity index (χ3v) is 5.63. The van der Waals surface area contributed by atoms with Crippen molar-refractivity contribution in [1.29, 1.82) is 0 Å². The molecule has 0 aliphatic rings. The number of aromatic nitrogens is 2. The first-order valence-electron chi connectivity index (χ1n) is 7.84. The molecule has 130 valence electrons. The minimum Gasteiger partial charge on any atom is -0.346 e. The number of anilines is 1. The molecule has 0 spiro atoms. The molecule has 2 aromatic carbocycles. The average Bonchev–Trinajstić information content (AvgIpc) is 3.11. The molecule has 4 rings (SSSR count). The van der Waals surface area contributed by atoms with Crippen LogP contribution in [0.4, 0.5) is 5.69 Å². The fourth-order valence-electron chi connectivity index (χ4n) is 2.78. The fourth-order valence-corrected chi connectivity index (χ4v) is 4.14. The second-order valence-electron chi connectivity index (χ2n) is 5.74. The van der Waals surface area contributed by atoms with Gasteiger partial charge in [0.2, 0.25) is 0 Å². The molecule has 7 heteroatoms. The number of sulfonamides is 1. The maximum Gasteiger partial charge on any atom is 0.261 e. The van der Waals surface area contributed by atoms with E-state index in [0.717, 1.165) is 22.2 Å². The number of halogens is 1. The second kappa shape index (κ2) is 6.48. The molecule has 0 fully saturated rings. The summed E-state index contributed by atoms with van der Waals surface area (Å²) in [4.78, 5) is 7.48. The molecule has 2 heterocycles. The van der Waals surface area contributed by atoms with Crippen molar-refractivity contribution in [2.45, 2.75) is 4.90 Å². The van der Waals surface area contributed by atoms with Gasteiger partial charge in [0, 0.05) is 28.5 Å². The summed E-state index contributed by atoms with van der Waals surface area (Å²) in [7, 11) is -3.69. The summed E-state index contributed by atoms with van der Waals surface area (Å²) in [6.45, 7) is 0. The van der Waals surface area contributed by atoms with Crippen LogP contribution in [0.3, 0.4) is 0 Å². The van der Waals surface area contributed by atoms with Gasteiger partial charge in [0.25, 0.3) is 10.0 Å². The molecule has 2 aromatic heterocycles. The van der Waals surface area contributed by atoms with Crippen LogP contribution in [0.25, 0.3) is 22.2 Å². The molecule has 0 saturated carbocycles. The average molecular weight is 384 g/mol. The Morgan fingerprint density at radius 3 is 2.58 bits per heavy atom. The Morgan fingerprint density at radius 2 is 1.81 bits per heavy atom. The third-order valence-electron chi connectivity index (χ3n) is 4.01. The molecule has 2 N–H and O–H groups in total. The van der Waals surface area contributed by atoms with Crippen molar-refractivity contribution in [3.05, 3.63) is 78.1 Å². The molecule has 0 saturated heterocycles. The SMILES string of the molecule is O=S(=O)(Nc1ccc(-c2ccnc3[nH]ccc23)cc1)c1cccc(Cl)c1. The highest BCUT2D eigenvalue weighted by molar-refractivity contribution is 7.92. The van der Waals surface area contributed by atoms with Crippen LogP contribution in [0.1, 0.15) is 0 Å². The van der Waals surface area contributed by atoms with E-state index in [9.17, 15) is 8.42 Å². The summed E-state index contributed by atoms with van der Waals surface area (Å²) in [5.74, 6) is 0. The van der Waals surface area contributed by atoms with Gasteiger partial charge in [-0.1, -0.05) is 29.8 Å². The van der Waals surface area contributed by atoms with Gasteiger partial charge in [0.15, 0.2) is 0 Å². The first-order valence-corrected chi connectivity index (χ1v) is 9.70. The normalized spacial score (nSPS) is 11.6. The first kappa shape index (κ1) is 16.6. The largest absolute Gasteiger partial charge is 0.346 e. The molecule has 0 atom stereocenters. The molecule has 0 amide bonds. The lowest BCUT2D eigenvalue weighted by Gasteiger charge is -2.10. The van der Waals surface area contributed by atoms with Gasteiger partial charge in [0.05, 0.1) is 4.90 Å². The van der Waals surface area contributed by atoms with E-state index in [2.05, 4.69) is 14.7 Å². The molecule has 0 radical (unpaired) electrons. The number of fused-ring (bicyclic) bond motifs is 1. The lowest BCUT2D eigenvalue weighted by atomic mass is 10.0. The number of nitrogens with one attached hydrogen (secondary N) is 2. The zero-order chi connectivity index (χ0) is 18.1. The topological polar surface area (TPSA) is 74.8 Å². The van der Waals surface area contributed by atoms with Gasteiger partial charge in [-0.25, -0.2) is 13.4 Å². The number of pyridine rings is 1. The standard InChI is InChI=1S/C19H14ClN3O2S/c20-14-2-1-3-16(12-14)26(24,25)23-15-6-4-13(5-7-15)17-8-10-21-19-18(17)9-11-22-19/h1-12,23H,(H,21,22). The van der Waals surface area contributed by atoms with Crippen molar-refractivity contribution < 1.29 is 8.42 Å². The van der Waals surface area contributed by atoms with Gasteiger partial charge >= 0.3 is 0 Å². The van der Waals surface area contributed by atoms with E-state index in [4.69, 9.17) is 11.6 Å². The van der Waals surface area contributed by atoms with Crippen molar-refractivity contribution in [2.24, 2.45) is 0 Å². The highest BCUT2D eigenvalue weighted by atomic mass is 35.5. The second-order valence-corrected chi connectivity index (χ2v) is 7.86. The van der Waals surface area contributed by atoms with Gasteiger partial charge in [-0.3, -0.25) is 4.72 Å². The Hall–Kier alpha value is -2.83. The minimum atomic E-state index is -3.69. The van der Waals surface area contributed by atoms with Crippen LogP contribution in [-0.4, -0.2) is 18.4 Å². The van der Waals surface area contributed by atoms with Crippen LogP contribution in [0.2, 0.25) is 5.02 Å². The van der Waals surface area contributed by atoms with E-state index in [1.165, 1.54) is 12.1 Å². The monoisotopic (exact) mass is 383 g/mol. The van der Waals surface area contributed by atoms with Gasteiger partial charge < -0.3 is 4.98 Å². The smallest absolute Gasteiger partial charge is 0.261 e. The zero-order valence-corrected chi connectivity index (χ0v) is 15.1. The van der Waals surface area contributed by atoms with Crippen LogP contribution in [0.5, 0.6) is 0 Å². The predicted molar refractivity (Wildman–Crippen MR) is 104 cm³/mol. The first-order chi connectivity index (χ1) is 12.5. The molecule has 0 aliphatic heterocycles. The van der Waals surface area contributed by atoms with Gasteiger partial charge in [0.1, 0.15) is 5.65 Å². The Morgan fingerprint density at radius 1 is 1.00 bits per heavy atom. The highest BCUT2D eigenvalue weighted by Gasteiger charge is 2.14. The molecular formula is C19H14ClN3O2S. The molecule has 0 unspecified atom stereocenters. The van der Waals surface area contributed by atoms with Crippen molar-refractivity contribution >= 4 is 38.3 Å². The molecule has 26 heavy (non-hydrogen) atoms. The third kappa shape index (κ3) is 3.16. The maximum atomic E-state index is 12.5. The van der Waals surface area contributed by atoms with Crippen LogP contribution >= 0.6 is 11.6 Å². The Bertz CT molecular complexity index is 1180. The van der Waals surface area contributed by atoms with Crippen LogP contribution < -0.4 is 4.72 Å². The lowest BCUT2D eigenvalue weighted by Crippen LogP contribution is -2.12. The Balaban J connectivity index is 1.63. The minimum absolute atomic E-state index is 0.122. The number of aromatic amines is 1. The summed E-state index contributed by atoms with van der Waals surface area (Å²) < 4.78 is 27.5. The maximum absolute atomic E-state index is 12.5. The van der Waals surface area contributed by atoms with Crippen LogP contribution in [0, 0.1) is 0 Å². The van der Waals surface area contributed by atoms with Crippen molar-refractivity contribution in [3.8, 4) is 11.1 Å². The van der Waals surface area contributed by atoms with E-state index in [1.807, 2.05) is 30.5 Å². The number of nitrogens with zero attached hydrogens (tertiary/aromatic N) is 1. The summed E-state index contributed by atoms with van der Waals surface area (Å²) in [5.41, 5.74) is 3.30. The molecular weight excluding hydrogens is 370 g/mol. The molecule has 0 bridgehead atoms. The van der Waals surface area contributed by atoms with E-state index in [-0.39, 0.29) is 4.90 Å². The predicted octanol–water partition coefficient (Wildman–Crippen LogP) is 4.68. The van der Waals surface area contributed by atoms with E-state index in [1.54, 1.807) is 30.5 Å². The van der Waals surface area contributed by atoms with Crippen molar-refractivity contribution in [3.63, 3.8) is 0 Å². The summed E-state index contributed by atoms with van der Waals surface area (Å²) in [6.07, 6.45) is 3.58. The van der Waals surface area contributed by atoms with Gasteiger partial charge in [-0.15, -0.1) is 0 Å². The lowest BCUT2D eigenvalue weighted by molar-refractivity contribution is 0.601. The highest BCUT2D eigenvalue weighted by Crippen LogP contribution is 2.28. The van der Waals surface area contributed by atoms with Crippen LogP contribution in [0.15, 0.2) is 78.0 Å².